The van der Waals surface area contributed by atoms with Gasteiger partial charge in [0.1, 0.15) is 5.82 Å². The van der Waals surface area contributed by atoms with Crippen LogP contribution in [0, 0.1) is 12.7 Å². The number of aryl methyl sites for hydroxylation is 1. The van der Waals surface area contributed by atoms with Gasteiger partial charge < -0.3 is 4.98 Å². The fraction of sp³-hybridized carbons (Fsp3) is 0.357. The molecule has 0 fully saturated rings. The van der Waals surface area contributed by atoms with Gasteiger partial charge in [0.25, 0.3) is 0 Å². The Bertz CT molecular complexity index is 683. The van der Waals surface area contributed by atoms with Gasteiger partial charge in [-0.25, -0.2) is 4.39 Å². The summed E-state index contributed by atoms with van der Waals surface area (Å²) in [6, 6.07) is 2.97. The van der Waals surface area contributed by atoms with Crippen LogP contribution in [0.4, 0.5) is 4.39 Å². The van der Waals surface area contributed by atoms with Crippen LogP contribution >= 0.6 is 15.9 Å². The third-order valence-corrected chi connectivity index (χ3v) is 3.78. The van der Waals surface area contributed by atoms with Crippen LogP contribution in [0.25, 0.3) is 10.9 Å². The van der Waals surface area contributed by atoms with Crippen LogP contribution in [0.2, 0.25) is 0 Å². The highest BCUT2D eigenvalue weighted by Gasteiger charge is 2.19. The fourth-order valence-corrected chi connectivity index (χ4v) is 2.43. The van der Waals surface area contributed by atoms with Crippen molar-refractivity contribution in [3.8, 4) is 0 Å². The summed E-state index contributed by atoms with van der Waals surface area (Å²) >= 11 is 3.15. The maximum absolute atomic E-state index is 13.6. The van der Waals surface area contributed by atoms with Gasteiger partial charge in [-0.3, -0.25) is 4.79 Å². The number of hydrogen-bond donors (Lipinski definition) is 1. The van der Waals surface area contributed by atoms with Crippen molar-refractivity contribution in [2.45, 2.75) is 33.1 Å². The first-order valence-corrected chi connectivity index (χ1v) is 6.53. The van der Waals surface area contributed by atoms with E-state index in [2.05, 4.69) is 20.9 Å². The Hall–Kier alpha value is -1.16. The zero-order valence-corrected chi connectivity index (χ0v) is 12.4. The molecule has 0 bridgehead atoms. The molecule has 2 aromatic rings. The molecule has 0 spiro atoms. The predicted molar refractivity (Wildman–Crippen MR) is 75.7 cm³/mol. The lowest BCUT2D eigenvalue weighted by Crippen LogP contribution is -2.18. The highest BCUT2D eigenvalue weighted by atomic mass is 79.9. The van der Waals surface area contributed by atoms with E-state index >= 15 is 0 Å². The van der Waals surface area contributed by atoms with Crippen LogP contribution in [0.5, 0.6) is 0 Å². The van der Waals surface area contributed by atoms with Crippen LogP contribution in [-0.2, 0) is 5.41 Å². The number of hydrogen-bond acceptors (Lipinski definition) is 1. The summed E-state index contributed by atoms with van der Waals surface area (Å²) in [7, 11) is 0. The number of fused-ring (bicyclic) bond motifs is 1. The summed E-state index contributed by atoms with van der Waals surface area (Å²) < 4.78 is 13.9. The Morgan fingerprint density at radius 2 is 1.89 bits per heavy atom. The first-order valence-electron chi connectivity index (χ1n) is 5.74. The van der Waals surface area contributed by atoms with Gasteiger partial charge in [-0.1, -0.05) is 20.8 Å². The SMILES string of the molecule is Cc1cc(F)c(Br)c2c(=O)cc(C(C)(C)C)[nH]c12. The van der Waals surface area contributed by atoms with Gasteiger partial charge in [-0.2, -0.15) is 0 Å². The molecular formula is C14H15BrFNO. The molecule has 0 aliphatic heterocycles. The second-order valence-electron chi connectivity index (χ2n) is 5.54. The molecule has 0 atom stereocenters. The highest BCUT2D eigenvalue weighted by Crippen LogP contribution is 2.28. The Labute approximate surface area is 113 Å². The van der Waals surface area contributed by atoms with Gasteiger partial charge >= 0.3 is 0 Å². The number of rotatable bonds is 0. The topological polar surface area (TPSA) is 32.9 Å². The molecule has 0 saturated carbocycles. The second-order valence-corrected chi connectivity index (χ2v) is 6.33. The van der Waals surface area contributed by atoms with Crippen LogP contribution in [0.1, 0.15) is 32.0 Å². The second kappa shape index (κ2) is 4.19. The number of H-pyrrole nitrogens is 1. The van der Waals surface area contributed by atoms with Crippen LogP contribution in [-0.4, -0.2) is 4.98 Å². The van der Waals surface area contributed by atoms with Crippen molar-refractivity contribution in [3.05, 3.63) is 43.9 Å². The lowest BCUT2D eigenvalue weighted by atomic mass is 9.91. The molecule has 0 unspecified atom stereocenters. The number of halogens is 2. The number of aromatic amines is 1. The van der Waals surface area contributed by atoms with Gasteiger partial charge in [0.2, 0.25) is 0 Å². The highest BCUT2D eigenvalue weighted by molar-refractivity contribution is 9.10. The van der Waals surface area contributed by atoms with Crippen molar-refractivity contribution in [2.24, 2.45) is 0 Å². The first kappa shape index (κ1) is 13.3. The molecular weight excluding hydrogens is 297 g/mol. The number of nitrogens with one attached hydrogen (secondary N) is 1. The van der Waals surface area contributed by atoms with E-state index in [4.69, 9.17) is 0 Å². The largest absolute Gasteiger partial charge is 0.357 e. The number of pyridine rings is 1. The quantitative estimate of drug-likeness (QED) is 0.782. The van der Waals surface area contributed by atoms with E-state index in [0.717, 1.165) is 11.3 Å². The molecule has 1 heterocycles. The van der Waals surface area contributed by atoms with E-state index in [9.17, 15) is 9.18 Å². The Kier molecular flexibility index (Phi) is 3.09. The predicted octanol–water partition coefficient (Wildman–Crippen LogP) is 4.04. The van der Waals surface area contributed by atoms with Gasteiger partial charge in [0.05, 0.1) is 15.4 Å². The Morgan fingerprint density at radius 3 is 2.44 bits per heavy atom. The van der Waals surface area contributed by atoms with Crippen molar-refractivity contribution in [2.75, 3.05) is 0 Å². The molecule has 1 aromatic carbocycles. The maximum atomic E-state index is 13.6. The molecule has 1 N–H and O–H groups in total. The monoisotopic (exact) mass is 311 g/mol. The minimum absolute atomic E-state index is 0.152. The minimum atomic E-state index is -0.408. The molecule has 0 aliphatic rings. The minimum Gasteiger partial charge on any atom is -0.357 e. The summed E-state index contributed by atoms with van der Waals surface area (Å²) in [5.74, 6) is -0.408. The number of benzene rings is 1. The molecule has 4 heteroatoms. The third-order valence-electron chi connectivity index (χ3n) is 3.01. The zero-order chi connectivity index (χ0) is 13.7. The van der Waals surface area contributed by atoms with E-state index in [1.54, 1.807) is 13.0 Å². The van der Waals surface area contributed by atoms with Crippen molar-refractivity contribution in [1.82, 2.24) is 4.98 Å². The van der Waals surface area contributed by atoms with E-state index in [1.165, 1.54) is 6.07 Å². The maximum Gasteiger partial charge on any atom is 0.190 e. The molecule has 0 radical (unpaired) electrons. The molecule has 96 valence electrons. The number of aromatic nitrogens is 1. The van der Waals surface area contributed by atoms with E-state index in [0.29, 0.717) is 10.9 Å². The molecule has 2 nitrogen and oxygen atoms in total. The summed E-state index contributed by atoms with van der Waals surface area (Å²) in [6.07, 6.45) is 0. The van der Waals surface area contributed by atoms with Crippen LogP contribution < -0.4 is 5.43 Å². The van der Waals surface area contributed by atoms with Gasteiger partial charge in [0, 0.05) is 17.2 Å². The summed E-state index contributed by atoms with van der Waals surface area (Å²) in [5, 5.41) is 0.375. The van der Waals surface area contributed by atoms with Crippen molar-refractivity contribution in [3.63, 3.8) is 0 Å². The van der Waals surface area contributed by atoms with Crippen LogP contribution in [0.15, 0.2) is 21.4 Å². The molecule has 18 heavy (non-hydrogen) atoms. The van der Waals surface area contributed by atoms with Crippen molar-refractivity contribution >= 4 is 26.8 Å². The van der Waals surface area contributed by atoms with E-state index in [1.807, 2.05) is 20.8 Å². The molecule has 0 amide bonds. The Balaban J connectivity index is 2.96. The average molecular weight is 312 g/mol. The molecule has 0 saturated heterocycles. The normalized spacial score (nSPS) is 12.1. The average Bonchev–Trinajstić information content (AvgIpc) is 2.24. The van der Waals surface area contributed by atoms with Crippen LogP contribution in [0.3, 0.4) is 0 Å². The lowest BCUT2D eigenvalue weighted by molar-refractivity contribution is 0.570. The summed E-state index contributed by atoms with van der Waals surface area (Å²) in [4.78, 5) is 15.4. The summed E-state index contributed by atoms with van der Waals surface area (Å²) in [6.45, 7) is 7.87. The van der Waals surface area contributed by atoms with Gasteiger partial charge in [0.15, 0.2) is 5.43 Å². The van der Waals surface area contributed by atoms with E-state index in [-0.39, 0.29) is 15.3 Å². The molecule has 0 aliphatic carbocycles. The van der Waals surface area contributed by atoms with E-state index < -0.39 is 5.82 Å². The van der Waals surface area contributed by atoms with Crippen molar-refractivity contribution in [1.29, 1.82) is 0 Å². The molecule has 1 aromatic heterocycles. The molecule has 2 rings (SSSR count). The van der Waals surface area contributed by atoms with Gasteiger partial charge in [-0.15, -0.1) is 0 Å². The Morgan fingerprint density at radius 1 is 1.28 bits per heavy atom. The fourth-order valence-electron chi connectivity index (χ4n) is 1.92. The van der Waals surface area contributed by atoms with Crippen molar-refractivity contribution < 1.29 is 4.39 Å². The third kappa shape index (κ3) is 2.09. The lowest BCUT2D eigenvalue weighted by Gasteiger charge is -2.20. The zero-order valence-electron chi connectivity index (χ0n) is 10.8. The summed E-state index contributed by atoms with van der Waals surface area (Å²) in [5.41, 5.74) is 1.96. The smallest absolute Gasteiger partial charge is 0.190 e. The first-order chi connectivity index (χ1) is 8.21. The standard InChI is InChI=1S/C14H15BrFNO/c1-7-5-8(16)12(15)11-9(18)6-10(14(2,3)4)17-13(7)11/h5-6H,1-4H3,(H,17,18). The van der Waals surface area contributed by atoms with Gasteiger partial charge in [-0.05, 0) is 34.5 Å².